The molecule has 2 aromatic carbocycles. The highest BCUT2D eigenvalue weighted by atomic mass is 32.2. The Labute approximate surface area is 151 Å². The average Bonchev–Trinajstić information content (AvgIpc) is 3.11. The third kappa shape index (κ3) is 5.05. The van der Waals surface area contributed by atoms with Crippen molar-refractivity contribution in [3.63, 3.8) is 0 Å². The fourth-order valence-corrected chi connectivity index (χ4v) is 4.26. The molecule has 1 N–H and O–H groups in total. The Morgan fingerprint density at radius 1 is 0.960 bits per heavy atom. The van der Waals surface area contributed by atoms with Gasteiger partial charge in [-0.3, -0.25) is 4.79 Å². The molecule has 0 aromatic heterocycles. The van der Waals surface area contributed by atoms with E-state index in [-0.39, 0.29) is 22.8 Å². The first-order chi connectivity index (χ1) is 12.1. The maximum atomic E-state index is 13.2. The van der Waals surface area contributed by atoms with E-state index in [0.29, 0.717) is 11.8 Å². The van der Waals surface area contributed by atoms with Gasteiger partial charge in [-0.15, -0.1) is 11.8 Å². The van der Waals surface area contributed by atoms with Crippen LogP contribution in [0.3, 0.4) is 0 Å². The topological polar surface area (TPSA) is 29.1 Å². The van der Waals surface area contributed by atoms with Gasteiger partial charge in [-0.05, 0) is 48.2 Å². The number of hydrogen-bond donors (Lipinski definition) is 1. The lowest BCUT2D eigenvalue weighted by Gasteiger charge is -2.19. The van der Waals surface area contributed by atoms with Gasteiger partial charge >= 0.3 is 0 Å². The minimum Gasteiger partial charge on any atom is -0.353 e. The van der Waals surface area contributed by atoms with Crippen LogP contribution in [0.2, 0.25) is 0 Å². The van der Waals surface area contributed by atoms with Crippen molar-refractivity contribution in [1.82, 2.24) is 5.32 Å². The molecule has 5 heteroatoms. The zero-order chi connectivity index (χ0) is 17.6. The van der Waals surface area contributed by atoms with Crippen LogP contribution < -0.4 is 5.32 Å². The Morgan fingerprint density at radius 2 is 1.44 bits per heavy atom. The van der Waals surface area contributed by atoms with E-state index in [4.69, 9.17) is 0 Å². The van der Waals surface area contributed by atoms with Gasteiger partial charge in [-0.25, -0.2) is 8.78 Å². The molecule has 0 aliphatic heterocycles. The van der Waals surface area contributed by atoms with Gasteiger partial charge in [-0.2, -0.15) is 0 Å². The van der Waals surface area contributed by atoms with Crippen LogP contribution in [0.15, 0.2) is 48.5 Å². The molecule has 0 heterocycles. The van der Waals surface area contributed by atoms with Crippen molar-refractivity contribution in [2.45, 2.75) is 37.0 Å². The lowest BCUT2D eigenvalue weighted by Crippen LogP contribution is -2.34. The Balaban J connectivity index is 1.70. The Morgan fingerprint density at radius 3 is 1.92 bits per heavy atom. The van der Waals surface area contributed by atoms with Crippen molar-refractivity contribution >= 4 is 17.7 Å². The lowest BCUT2D eigenvalue weighted by atomic mass is 10.0. The Hall–Kier alpha value is -1.88. The molecule has 1 saturated carbocycles. The molecule has 0 unspecified atom stereocenters. The fourth-order valence-electron chi connectivity index (χ4n) is 3.16. The van der Waals surface area contributed by atoms with Crippen LogP contribution in [-0.4, -0.2) is 17.7 Å². The summed E-state index contributed by atoms with van der Waals surface area (Å²) in [6.45, 7) is 0. The molecule has 3 rings (SSSR count). The molecule has 0 radical (unpaired) electrons. The molecule has 0 spiro atoms. The summed E-state index contributed by atoms with van der Waals surface area (Å²) < 4.78 is 26.5. The molecule has 2 aromatic rings. The van der Waals surface area contributed by atoms with Crippen LogP contribution >= 0.6 is 11.8 Å². The summed E-state index contributed by atoms with van der Waals surface area (Å²) in [6, 6.07) is 12.8. The summed E-state index contributed by atoms with van der Waals surface area (Å²) in [5, 5.41) is 2.93. The monoisotopic (exact) mass is 361 g/mol. The number of benzene rings is 2. The van der Waals surface area contributed by atoms with Crippen LogP contribution in [-0.2, 0) is 4.79 Å². The number of carbonyl (C=O) groups is 1. The summed E-state index contributed by atoms with van der Waals surface area (Å²) >= 11 is 1.47. The molecular formula is C20H21F2NOS. The second kappa shape index (κ2) is 8.48. The first-order valence-corrected chi connectivity index (χ1v) is 9.58. The van der Waals surface area contributed by atoms with Gasteiger partial charge in [0, 0.05) is 6.04 Å². The number of carbonyl (C=O) groups excluding carboxylic acids is 1. The van der Waals surface area contributed by atoms with Gasteiger partial charge in [-0.1, -0.05) is 37.1 Å². The summed E-state index contributed by atoms with van der Waals surface area (Å²) in [7, 11) is 0. The minimum absolute atomic E-state index is 0.0196. The number of halogens is 2. The quantitative estimate of drug-likeness (QED) is 0.797. The van der Waals surface area contributed by atoms with E-state index in [2.05, 4.69) is 5.32 Å². The van der Waals surface area contributed by atoms with Gasteiger partial charge in [0.1, 0.15) is 11.6 Å². The molecule has 25 heavy (non-hydrogen) atoms. The largest absolute Gasteiger partial charge is 0.353 e. The molecule has 1 fully saturated rings. The van der Waals surface area contributed by atoms with E-state index in [0.717, 1.165) is 24.0 Å². The number of thioether (sulfide) groups is 1. The van der Waals surface area contributed by atoms with Crippen LogP contribution in [0, 0.1) is 11.6 Å². The van der Waals surface area contributed by atoms with Crippen molar-refractivity contribution in [3.8, 4) is 0 Å². The maximum Gasteiger partial charge on any atom is 0.230 e. The number of amides is 1. The zero-order valence-corrected chi connectivity index (χ0v) is 14.7. The van der Waals surface area contributed by atoms with Gasteiger partial charge in [0.15, 0.2) is 0 Å². The van der Waals surface area contributed by atoms with Crippen molar-refractivity contribution < 1.29 is 13.6 Å². The van der Waals surface area contributed by atoms with Crippen LogP contribution in [0.4, 0.5) is 8.78 Å². The molecule has 2 nitrogen and oxygen atoms in total. The van der Waals surface area contributed by atoms with E-state index < -0.39 is 0 Å². The van der Waals surface area contributed by atoms with Crippen molar-refractivity contribution in [3.05, 3.63) is 71.3 Å². The summed E-state index contributed by atoms with van der Waals surface area (Å²) in [5.41, 5.74) is 1.79. The number of rotatable bonds is 6. The summed E-state index contributed by atoms with van der Waals surface area (Å²) in [5.74, 6) is -0.266. The normalized spacial score (nSPS) is 14.8. The van der Waals surface area contributed by atoms with Crippen molar-refractivity contribution in [2.24, 2.45) is 0 Å². The smallest absolute Gasteiger partial charge is 0.230 e. The Kier molecular flexibility index (Phi) is 6.08. The summed E-state index contributed by atoms with van der Waals surface area (Å²) in [6.07, 6.45) is 4.45. The van der Waals surface area contributed by atoms with Crippen LogP contribution in [0.25, 0.3) is 0 Å². The predicted octanol–water partition coefficient (Wildman–Crippen LogP) is 4.85. The molecule has 1 aliphatic rings. The number of hydrogen-bond acceptors (Lipinski definition) is 2. The van der Waals surface area contributed by atoms with E-state index in [9.17, 15) is 13.6 Å². The Bertz CT molecular complexity index is 651. The molecular weight excluding hydrogens is 340 g/mol. The third-order valence-electron chi connectivity index (χ3n) is 4.45. The molecule has 0 bridgehead atoms. The molecule has 0 atom stereocenters. The highest BCUT2D eigenvalue weighted by Crippen LogP contribution is 2.35. The number of nitrogens with one attached hydrogen (secondary N) is 1. The predicted molar refractivity (Wildman–Crippen MR) is 97.5 cm³/mol. The van der Waals surface area contributed by atoms with Gasteiger partial charge in [0.05, 0.1) is 11.0 Å². The lowest BCUT2D eigenvalue weighted by molar-refractivity contribution is -0.119. The second-order valence-electron chi connectivity index (χ2n) is 6.34. The van der Waals surface area contributed by atoms with E-state index in [1.807, 2.05) is 0 Å². The molecule has 132 valence electrons. The maximum absolute atomic E-state index is 13.2. The van der Waals surface area contributed by atoms with Gasteiger partial charge in [0.2, 0.25) is 5.91 Å². The van der Waals surface area contributed by atoms with Crippen LogP contribution in [0.5, 0.6) is 0 Å². The van der Waals surface area contributed by atoms with Gasteiger partial charge < -0.3 is 5.32 Å². The van der Waals surface area contributed by atoms with E-state index >= 15 is 0 Å². The molecule has 1 aliphatic carbocycles. The standard InChI is InChI=1S/C20H21F2NOS/c21-16-9-5-14(6-10-16)20(15-7-11-17(22)12-8-15)25-13-19(24)23-18-3-1-2-4-18/h5-12,18,20H,1-4,13H2,(H,23,24). The first-order valence-electron chi connectivity index (χ1n) is 8.54. The molecule has 0 saturated heterocycles. The zero-order valence-electron chi connectivity index (χ0n) is 13.9. The molecule has 1 amide bonds. The summed E-state index contributed by atoms with van der Waals surface area (Å²) in [4.78, 5) is 12.2. The fraction of sp³-hybridized carbons (Fsp3) is 0.350. The van der Waals surface area contributed by atoms with Gasteiger partial charge in [0.25, 0.3) is 0 Å². The SMILES string of the molecule is O=C(CSC(c1ccc(F)cc1)c1ccc(F)cc1)NC1CCCC1. The average molecular weight is 361 g/mol. The van der Waals surface area contributed by atoms with Crippen molar-refractivity contribution in [2.75, 3.05) is 5.75 Å². The third-order valence-corrected chi connectivity index (χ3v) is 5.75. The van der Waals surface area contributed by atoms with Crippen LogP contribution in [0.1, 0.15) is 42.1 Å². The van der Waals surface area contributed by atoms with Crippen molar-refractivity contribution in [1.29, 1.82) is 0 Å². The highest BCUT2D eigenvalue weighted by molar-refractivity contribution is 8.00. The first kappa shape index (κ1) is 17.9. The second-order valence-corrected chi connectivity index (χ2v) is 7.44. The van der Waals surface area contributed by atoms with E-state index in [1.54, 1.807) is 24.3 Å². The highest BCUT2D eigenvalue weighted by Gasteiger charge is 2.20. The van der Waals surface area contributed by atoms with E-state index in [1.165, 1.54) is 48.9 Å². The minimum atomic E-state index is -0.300.